The van der Waals surface area contributed by atoms with Crippen LogP contribution in [0.3, 0.4) is 0 Å². The number of nitrogens with zero attached hydrogens (tertiary/aromatic N) is 4. The van der Waals surface area contributed by atoms with E-state index in [0.717, 1.165) is 0 Å². The van der Waals surface area contributed by atoms with E-state index in [2.05, 4.69) is 10.3 Å². The average molecular weight is 280 g/mol. The van der Waals surface area contributed by atoms with Crippen LogP contribution in [0.25, 0.3) is 0 Å². The first-order valence-corrected chi connectivity index (χ1v) is 6.84. The Balaban J connectivity index is 2.40. The van der Waals surface area contributed by atoms with E-state index in [0.29, 0.717) is 18.7 Å². The molecule has 110 valence electrons. The van der Waals surface area contributed by atoms with Gasteiger partial charge in [0.2, 0.25) is 5.91 Å². The monoisotopic (exact) mass is 280 g/mol. The molecule has 1 fully saturated rings. The van der Waals surface area contributed by atoms with Gasteiger partial charge in [-0.25, -0.2) is 9.48 Å². The quantitative estimate of drug-likeness (QED) is 0.768. The van der Waals surface area contributed by atoms with E-state index in [9.17, 15) is 9.59 Å². The highest BCUT2D eigenvalue weighted by Gasteiger charge is 2.35. The molecule has 7 nitrogen and oxygen atoms in total. The van der Waals surface area contributed by atoms with Crippen molar-refractivity contribution in [3.05, 3.63) is 11.4 Å². The molecule has 0 spiro atoms. The maximum Gasteiger partial charge on any atom is 0.360 e. The van der Waals surface area contributed by atoms with Gasteiger partial charge in [0.15, 0.2) is 5.69 Å². The molecule has 0 aromatic carbocycles. The molecule has 0 bridgehead atoms. The van der Waals surface area contributed by atoms with Crippen LogP contribution in [0.15, 0.2) is 0 Å². The lowest BCUT2D eigenvalue weighted by Gasteiger charge is -2.15. The molecule has 1 atom stereocenters. The number of hydrogen-bond acceptors (Lipinski definition) is 5. The highest BCUT2D eigenvalue weighted by Crippen LogP contribution is 2.27. The second-order valence-corrected chi connectivity index (χ2v) is 5.21. The van der Waals surface area contributed by atoms with Gasteiger partial charge in [-0.1, -0.05) is 19.1 Å². The lowest BCUT2D eigenvalue weighted by atomic mass is 10.1. The van der Waals surface area contributed by atoms with E-state index >= 15 is 0 Å². The summed E-state index contributed by atoms with van der Waals surface area (Å²) in [7, 11) is 1.76. The minimum Gasteiger partial charge on any atom is -0.461 e. The van der Waals surface area contributed by atoms with E-state index in [-0.39, 0.29) is 30.2 Å². The smallest absolute Gasteiger partial charge is 0.360 e. The van der Waals surface area contributed by atoms with Crippen LogP contribution >= 0.6 is 0 Å². The van der Waals surface area contributed by atoms with E-state index in [1.165, 1.54) is 0 Å². The summed E-state index contributed by atoms with van der Waals surface area (Å²) in [5.41, 5.74) is 0.876. The first-order chi connectivity index (χ1) is 9.47. The average Bonchev–Trinajstić information content (AvgIpc) is 2.95. The molecule has 0 saturated carbocycles. The van der Waals surface area contributed by atoms with Gasteiger partial charge in [-0.15, -0.1) is 5.10 Å². The Morgan fingerprint density at radius 1 is 1.50 bits per heavy atom. The normalized spacial score (nSPS) is 18.9. The van der Waals surface area contributed by atoms with Crippen LogP contribution in [0.5, 0.6) is 0 Å². The van der Waals surface area contributed by atoms with Gasteiger partial charge < -0.3 is 9.64 Å². The number of carbonyl (C=O) groups is 2. The van der Waals surface area contributed by atoms with Crippen LogP contribution < -0.4 is 0 Å². The lowest BCUT2D eigenvalue weighted by Crippen LogP contribution is -2.26. The van der Waals surface area contributed by atoms with Gasteiger partial charge in [-0.05, 0) is 19.3 Å². The third-order valence-corrected chi connectivity index (χ3v) is 3.44. The number of amides is 1. The van der Waals surface area contributed by atoms with Crippen molar-refractivity contribution in [3.63, 3.8) is 0 Å². The van der Waals surface area contributed by atoms with Gasteiger partial charge in [0.05, 0.1) is 12.3 Å². The van der Waals surface area contributed by atoms with Gasteiger partial charge in [0.1, 0.15) is 6.04 Å². The van der Waals surface area contributed by atoms with Crippen molar-refractivity contribution in [2.24, 2.45) is 0 Å². The fourth-order valence-electron chi connectivity index (χ4n) is 2.44. The number of hydrogen-bond donors (Lipinski definition) is 0. The number of esters is 1. The molecule has 1 aliphatic heterocycles. The first kappa shape index (κ1) is 14.5. The lowest BCUT2D eigenvalue weighted by molar-refractivity contribution is -0.129. The Morgan fingerprint density at radius 3 is 2.70 bits per heavy atom. The van der Waals surface area contributed by atoms with E-state index in [4.69, 9.17) is 4.74 Å². The minimum atomic E-state index is -0.485. The van der Waals surface area contributed by atoms with E-state index < -0.39 is 5.97 Å². The van der Waals surface area contributed by atoms with Crippen molar-refractivity contribution in [1.82, 2.24) is 19.9 Å². The first-order valence-electron chi connectivity index (χ1n) is 6.84. The van der Waals surface area contributed by atoms with Crippen LogP contribution in [0.1, 0.15) is 55.3 Å². The van der Waals surface area contributed by atoms with Gasteiger partial charge in [-0.2, -0.15) is 0 Å². The van der Waals surface area contributed by atoms with Crippen LogP contribution in [0, 0.1) is 0 Å². The number of rotatable bonds is 4. The molecule has 2 heterocycles. The summed E-state index contributed by atoms with van der Waals surface area (Å²) in [6.07, 6.45) is 0.681. The second-order valence-electron chi connectivity index (χ2n) is 5.21. The third-order valence-electron chi connectivity index (χ3n) is 3.44. The van der Waals surface area contributed by atoms with Gasteiger partial charge in [0.25, 0.3) is 0 Å². The molecule has 1 saturated heterocycles. The van der Waals surface area contributed by atoms with Gasteiger partial charge >= 0.3 is 5.97 Å². The summed E-state index contributed by atoms with van der Waals surface area (Å²) in [5, 5.41) is 7.95. The maximum atomic E-state index is 12.1. The minimum absolute atomic E-state index is 0.00667. The molecule has 1 aromatic rings. The summed E-state index contributed by atoms with van der Waals surface area (Å²) in [6.45, 7) is 6.61. The fraction of sp³-hybridized carbons (Fsp3) is 0.692. The van der Waals surface area contributed by atoms with Gasteiger partial charge in [-0.3, -0.25) is 4.79 Å². The van der Waals surface area contributed by atoms with Crippen LogP contribution in [0.2, 0.25) is 0 Å². The van der Waals surface area contributed by atoms with E-state index in [1.54, 1.807) is 23.6 Å². The Kier molecular flexibility index (Phi) is 4.06. The molecular formula is C13H20N4O3. The highest BCUT2D eigenvalue weighted by atomic mass is 16.5. The predicted octanol–water partition coefficient (Wildman–Crippen LogP) is 0.981. The van der Waals surface area contributed by atoms with Crippen molar-refractivity contribution in [2.45, 2.75) is 39.2 Å². The summed E-state index contributed by atoms with van der Waals surface area (Å²) in [5.74, 6) is -0.448. The highest BCUT2D eigenvalue weighted by molar-refractivity contribution is 5.89. The number of aromatic nitrogens is 3. The topological polar surface area (TPSA) is 77.3 Å². The fourth-order valence-corrected chi connectivity index (χ4v) is 2.44. The molecule has 1 unspecified atom stereocenters. The van der Waals surface area contributed by atoms with Gasteiger partial charge in [0, 0.05) is 13.6 Å². The third kappa shape index (κ3) is 2.39. The van der Waals surface area contributed by atoms with Crippen LogP contribution in [0.4, 0.5) is 0 Å². The molecule has 20 heavy (non-hydrogen) atoms. The van der Waals surface area contributed by atoms with Crippen molar-refractivity contribution in [2.75, 3.05) is 20.2 Å². The molecule has 1 aliphatic rings. The number of carbonyl (C=O) groups excluding carboxylic acids is 2. The molecule has 7 heteroatoms. The maximum absolute atomic E-state index is 12.1. The van der Waals surface area contributed by atoms with Crippen molar-refractivity contribution in [3.8, 4) is 0 Å². The zero-order valence-electron chi connectivity index (χ0n) is 12.3. The predicted molar refractivity (Wildman–Crippen MR) is 71.4 cm³/mol. The molecule has 0 aliphatic carbocycles. The van der Waals surface area contributed by atoms with Crippen LogP contribution in [-0.2, 0) is 9.53 Å². The number of likely N-dealkylation sites (N-methyl/N-ethyl adjacent to an activating group) is 1. The zero-order valence-corrected chi connectivity index (χ0v) is 12.3. The summed E-state index contributed by atoms with van der Waals surface area (Å²) >= 11 is 0. The molecular weight excluding hydrogens is 260 g/mol. The molecule has 1 amide bonds. The summed E-state index contributed by atoms with van der Waals surface area (Å²) < 4.78 is 6.58. The zero-order chi connectivity index (χ0) is 14.9. The number of likely N-dealkylation sites (tertiary alicyclic amines) is 1. The van der Waals surface area contributed by atoms with Crippen molar-refractivity contribution < 1.29 is 14.3 Å². The molecule has 2 rings (SSSR count). The Morgan fingerprint density at radius 2 is 2.20 bits per heavy atom. The number of ether oxygens (including phenoxy) is 1. The molecule has 0 radical (unpaired) electrons. The van der Waals surface area contributed by atoms with Crippen molar-refractivity contribution in [1.29, 1.82) is 0 Å². The Hall–Kier alpha value is -1.92. The van der Waals surface area contributed by atoms with E-state index in [1.807, 2.05) is 13.8 Å². The standard InChI is InChI=1S/C13H20N4O3/c1-5-20-13(19)10-11(8(2)3)17(15-14-10)9-6-7-16(4)12(9)18/h8-9H,5-7H2,1-4H3. The largest absolute Gasteiger partial charge is 0.461 e. The molecule has 0 N–H and O–H groups in total. The second kappa shape index (κ2) is 5.60. The SMILES string of the molecule is CCOC(=O)c1nnn(C2CCN(C)C2=O)c1C(C)C. The van der Waals surface area contributed by atoms with Crippen molar-refractivity contribution >= 4 is 11.9 Å². The van der Waals surface area contributed by atoms with Crippen LogP contribution in [-0.4, -0.2) is 52.0 Å². The summed E-state index contributed by atoms with van der Waals surface area (Å²) in [6, 6.07) is -0.368. The Bertz CT molecular complexity index is 524. The summed E-state index contributed by atoms with van der Waals surface area (Å²) in [4.78, 5) is 25.7. The Labute approximate surface area is 117 Å². The molecule has 1 aromatic heterocycles.